The molecule has 2 aliphatic heterocycles. The highest BCUT2D eigenvalue weighted by Crippen LogP contribution is 2.52. The molecule has 8 aromatic carbocycles. The van der Waals surface area contributed by atoms with Gasteiger partial charge in [-0.15, -0.1) is 0 Å². The zero-order chi connectivity index (χ0) is 45.9. The molecule has 2 aliphatic rings. The average Bonchev–Trinajstić information content (AvgIpc) is 3.96. The SMILES string of the molecule is CC(C)(C)c1ccc(N2c3cc(C(C)(C)C)cc4c3B(c3c2n(-c2ccccc2)c2ccccc32)n2c3ccc(C(C)(C)C)cc3c3c5c6ccccc6n(-c6ccccc6)c5cc-4c32)cc1. The number of rotatable bonds is 3. The van der Waals surface area contributed by atoms with Crippen LogP contribution in [0.2, 0.25) is 0 Å². The molecule has 4 nitrogen and oxygen atoms in total. The van der Waals surface area contributed by atoms with Crippen LogP contribution in [0.5, 0.6) is 0 Å². The van der Waals surface area contributed by atoms with Gasteiger partial charge in [-0.3, -0.25) is 9.47 Å². The van der Waals surface area contributed by atoms with Gasteiger partial charge in [-0.05, 0) is 122 Å². The Balaban J connectivity index is 1.28. The summed E-state index contributed by atoms with van der Waals surface area (Å²) in [5.41, 5.74) is 20.0. The Kier molecular flexibility index (Phi) is 8.18. The van der Waals surface area contributed by atoms with Crippen molar-refractivity contribution in [1.29, 1.82) is 0 Å². The number of para-hydroxylation sites is 4. The standard InChI is InChI=1S/C62H55BN4/c1-60(2,3)38-28-31-43(32-29-38)66-53-36-40(62(7,8)9)35-46-47-37-52-54(44-24-16-18-26-49(44)64(52)41-20-12-10-13-21-41)55-48-34-39(61(4,5)6)30-33-51(48)67(58(47)55)63(56(46)53)57-45-25-17-19-27-50(45)65(59(57)66)42-22-14-11-15-23-42/h10-37H,1-9H3. The fourth-order valence-electron chi connectivity index (χ4n) is 11.7. The van der Waals surface area contributed by atoms with Gasteiger partial charge in [0.15, 0.2) is 0 Å². The lowest BCUT2D eigenvalue weighted by molar-refractivity contribution is 0.590. The molecule has 5 heteroatoms. The van der Waals surface area contributed by atoms with Crippen molar-refractivity contribution < 1.29 is 0 Å². The van der Waals surface area contributed by atoms with Crippen molar-refractivity contribution in [3.63, 3.8) is 0 Å². The lowest BCUT2D eigenvalue weighted by Crippen LogP contribution is -2.56. The van der Waals surface area contributed by atoms with Crippen molar-refractivity contribution in [2.75, 3.05) is 4.90 Å². The number of hydrogen-bond donors (Lipinski definition) is 0. The normalized spacial score (nSPS) is 13.7. The molecule has 13 rings (SSSR count). The lowest BCUT2D eigenvalue weighted by atomic mass is 9.45. The van der Waals surface area contributed by atoms with Crippen molar-refractivity contribution in [3.8, 4) is 22.5 Å². The maximum Gasteiger partial charge on any atom is 0.335 e. The molecule has 5 heterocycles. The zero-order valence-corrected chi connectivity index (χ0v) is 40.0. The summed E-state index contributed by atoms with van der Waals surface area (Å²) in [5.74, 6) is 1.19. The number of benzene rings is 8. The Morgan fingerprint density at radius 3 is 1.58 bits per heavy atom. The topological polar surface area (TPSA) is 18.0 Å². The van der Waals surface area contributed by atoms with Crippen molar-refractivity contribution in [3.05, 3.63) is 187 Å². The van der Waals surface area contributed by atoms with E-state index in [1.54, 1.807) is 0 Å². The first-order valence-electron chi connectivity index (χ1n) is 24.1. The molecule has 0 unspecified atom stereocenters. The Bertz CT molecular complexity index is 3840. The van der Waals surface area contributed by atoms with E-state index in [0.717, 1.165) is 11.4 Å². The van der Waals surface area contributed by atoms with Gasteiger partial charge in [-0.2, -0.15) is 0 Å². The van der Waals surface area contributed by atoms with E-state index in [4.69, 9.17) is 0 Å². The smallest absolute Gasteiger partial charge is 0.335 e. The Labute approximate surface area is 393 Å². The van der Waals surface area contributed by atoms with E-state index in [2.05, 4.69) is 251 Å². The van der Waals surface area contributed by atoms with E-state index >= 15 is 0 Å². The van der Waals surface area contributed by atoms with Crippen LogP contribution in [0.15, 0.2) is 170 Å². The number of aromatic nitrogens is 3. The van der Waals surface area contributed by atoms with Gasteiger partial charge in [0, 0.05) is 66.4 Å². The molecule has 0 atom stereocenters. The van der Waals surface area contributed by atoms with Crippen molar-refractivity contribution in [2.24, 2.45) is 0 Å². The maximum atomic E-state index is 2.77. The molecule has 11 aromatic rings. The Morgan fingerprint density at radius 2 is 0.940 bits per heavy atom. The van der Waals surface area contributed by atoms with Crippen LogP contribution in [0, 0.1) is 0 Å². The molecule has 0 amide bonds. The van der Waals surface area contributed by atoms with Gasteiger partial charge in [0.05, 0.1) is 16.6 Å². The van der Waals surface area contributed by atoms with Gasteiger partial charge >= 0.3 is 6.85 Å². The van der Waals surface area contributed by atoms with Crippen LogP contribution in [0.25, 0.3) is 77.0 Å². The second-order valence-corrected chi connectivity index (χ2v) is 22.2. The summed E-state index contributed by atoms with van der Waals surface area (Å²) in [7, 11) is 0. The minimum absolute atomic E-state index is 0.0197. The van der Waals surface area contributed by atoms with Crippen molar-refractivity contribution in [2.45, 2.75) is 78.6 Å². The van der Waals surface area contributed by atoms with E-state index in [9.17, 15) is 0 Å². The molecule has 326 valence electrons. The first kappa shape index (κ1) is 40.1. The first-order chi connectivity index (χ1) is 32.2. The van der Waals surface area contributed by atoms with Gasteiger partial charge in [0.1, 0.15) is 5.82 Å². The predicted molar refractivity (Wildman–Crippen MR) is 287 cm³/mol. The first-order valence-corrected chi connectivity index (χ1v) is 24.1. The van der Waals surface area contributed by atoms with Gasteiger partial charge in [-0.1, -0.05) is 159 Å². The van der Waals surface area contributed by atoms with Gasteiger partial charge in [-0.25, -0.2) is 0 Å². The van der Waals surface area contributed by atoms with Gasteiger partial charge in [0.25, 0.3) is 0 Å². The minimum Gasteiger partial charge on any atom is -0.375 e. The molecule has 0 radical (unpaired) electrons. The third-order valence-corrected chi connectivity index (χ3v) is 15.0. The van der Waals surface area contributed by atoms with Gasteiger partial charge in [0.2, 0.25) is 0 Å². The highest BCUT2D eigenvalue weighted by Gasteiger charge is 2.47. The molecular weight excluding hydrogens is 812 g/mol. The number of hydrogen-bond acceptors (Lipinski definition) is 1. The molecule has 0 bridgehead atoms. The van der Waals surface area contributed by atoms with E-state index in [0.29, 0.717) is 0 Å². The number of anilines is 3. The summed E-state index contributed by atoms with van der Waals surface area (Å²) in [4.78, 5) is 2.62. The van der Waals surface area contributed by atoms with E-state index in [-0.39, 0.29) is 23.1 Å². The highest BCUT2D eigenvalue weighted by atomic mass is 15.3. The van der Waals surface area contributed by atoms with E-state index in [1.165, 1.54) is 110 Å². The summed E-state index contributed by atoms with van der Waals surface area (Å²) in [5, 5.41) is 6.50. The van der Waals surface area contributed by atoms with E-state index in [1.807, 2.05) is 0 Å². The molecular formula is C62H55BN4. The highest BCUT2D eigenvalue weighted by molar-refractivity contribution is 6.91. The molecule has 0 fully saturated rings. The Hall–Kier alpha value is -7.24. The average molecular weight is 867 g/mol. The monoisotopic (exact) mass is 866 g/mol. The third kappa shape index (κ3) is 5.61. The van der Waals surface area contributed by atoms with Crippen molar-refractivity contribution >= 4 is 89.5 Å². The van der Waals surface area contributed by atoms with Crippen LogP contribution in [0.1, 0.15) is 79.0 Å². The minimum atomic E-state index is -0.136. The summed E-state index contributed by atoms with van der Waals surface area (Å²) < 4.78 is 7.82. The number of fused-ring (bicyclic) bond motifs is 13. The summed E-state index contributed by atoms with van der Waals surface area (Å²) in [6.45, 7) is 20.9. The molecule has 0 saturated carbocycles. The fourth-order valence-corrected chi connectivity index (χ4v) is 11.7. The third-order valence-electron chi connectivity index (χ3n) is 15.0. The van der Waals surface area contributed by atoms with Crippen LogP contribution in [-0.2, 0) is 16.2 Å². The molecule has 0 N–H and O–H groups in total. The quantitative estimate of drug-likeness (QED) is 0.162. The molecule has 3 aromatic heterocycles. The fraction of sp³-hybridized carbons (Fsp3) is 0.194. The lowest BCUT2D eigenvalue weighted by Gasteiger charge is -2.41. The van der Waals surface area contributed by atoms with E-state index < -0.39 is 0 Å². The molecule has 0 aliphatic carbocycles. The second-order valence-electron chi connectivity index (χ2n) is 22.2. The summed E-state index contributed by atoms with van der Waals surface area (Å²) in [6.07, 6.45) is 0. The Morgan fingerprint density at radius 1 is 0.373 bits per heavy atom. The summed E-state index contributed by atoms with van der Waals surface area (Å²) in [6, 6.07) is 64.6. The largest absolute Gasteiger partial charge is 0.375 e. The van der Waals surface area contributed by atoms with Crippen LogP contribution in [0.3, 0.4) is 0 Å². The second kappa shape index (κ2) is 13.7. The van der Waals surface area contributed by atoms with Gasteiger partial charge < -0.3 is 9.05 Å². The maximum absolute atomic E-state index is 2.77. The zero-order valence-electron chi connectivity index (χ0n) is 40.0. The van der Waals surface area contributed by atoms with Crippen LogP contribution in [0.4, 0.5) is 17.2 Å². The van der Waals surface area contributed by atoms with Crippen LogP contribution in [-0.4, -0.2) is 20.5 Å². The molecule has 67 heavy (non-hydrogen) atoms. The van der Waals surface area contributed by atoms with Crippen molar-refractivity contribution in [1.82, 2.24) is 13.6 Å². The van der Waals surface area contributed by atoms with Crippen LogP contribution < -0.4 is 15.8 Å². The predicted octanol–water partition coefficient (Wildman–Crippen LogP) is 15.1. The number of nitrogens with zero attached hydrogens (tertiary/aromatic N) is 4. The molecule has 0 saturated heterocycles. The van der Waals surface area contributed by atoms with Crippen LogP contribution >= 0.6 is 0 Å². The summed E-state index contributed by atoms with van der Waals surface area (Å²) >= 11 is 0. The molecule has 0 spiro atoms.